The Bertz CT molecular complexity index is 424. The molecule has 0 heterocycles. The molecule has 1 rings (SSSR count). The maximum absolute atomic E-state index is 11.0. The first kappa shape index (κ1) is 15.5. The summed E-state index contributed by atoms with van der Waals surface area (Å²) in [6.45, 7) is 8.18. The van der Waals surface area contributed by atoms with Gasteiger partial charge in [0.25, 0.3) is 0 Å². The fourth-order valence-corrected chi connectivity index (χ4v) is 1.76. The lowest BCUT2D eigenvalue weighted by atomic mass is 9.90. The minimum atomic E-state index is -0.786. The normalized spacial score (nSPS) is 13.1. The Morgan fingerprint density at radius 3 is 2.58 bits per heavy atom. The van der Waals surface area contributed by atoms with E-state index in [0.717, 1.165) is 12.2 Å². The number of carboxylic acids is 1. The molecule has 19 heavy (non-hydrogen) atoms. The van der Waals surface area contributed by atoms with Gasteiger partial charge in [0.2, 0.25) is 0 Å². The monoisotopic (exact) mass is 264 g/mol. The molecule has 0 fully saturated rings. The van der Waals surface area contributed by atoms with Gasteiger partial charge >= 0.3 is 5.97 Å². The predicted octanol–water partition coefficient (Wildman–Crippen LogP) is 4.08. The van der Waals surface area contributed by atoms with Crippen molar-refractivity contribution in [2.75, 3.05) is 6.61 Å². The fourth-order valence-electron chi connectivity index (χ4n) is 1.76. The highest BCUT2D eigenvalue weighted by atomic mass is 16.5. The molecule has 3 nitrogen and oxygen atoms in total. The lowest BCUT2D eigenvalue weighted by Gasteiger charge is -2.20. The van der Waals surface area contributed by atoms with Crippen LogP contribution in [0.15, 0.2) is 24.3 Å². The first-order chi connectivity index (χ1) is 8.88. The Morgan fingerprint density at radius 2 is 2.00 bits per heavy atom. The van der Waals surface area contributed by atoms with E-state index in [1.165, 1.54) is 5.56 Å². The van der Waals surface area contributed by atoms with Crippen LogP contribution in [0.25, 0.3) is 0 Å². The van der Waals surface area contributed by atoms with Crippen LogP contribution >= 0.6 is 0 Å². The number of hydrogen-bond acceptors (Lipinski definition) is 2. The summed E-state index contributed by atoms with van der Waals surface area (Å²) in [5.74, 6) is 0.535. The molecule has 3 heteroatoms. The zero-order valence-electron chi connectivity index (χ0n) is 12.3. The molecule has 0 radical (unpaired) electrons. The number of aliphatic carboxylic acids is 1. The van der Waals surface area contributed by atoms with Crippen molar-refractivity contribution in [1.82, 2.24) is 0 Å². The largest absolute Gasteiger partial charge is 0.493 e. The van der Waals surface area contributed by atoms with Crippen molar-refractivity contribution in [2.24, 2.45) is 5.41 Å². The number of benzene rings is 1. The summed E-state index contributed by atoms with van der Waals surface area (Å²) in [5.41, 5.74) is 0.448. The molecule has 0 spiro atoms. The number of rotatable bonds is 7. The molecule has 1 atom stereocenters. The van der Waals surface area contributed by atoms with Gasteiger partial charge in [-0.15, -0.1) is 0 Å². The number of carbonyl (C=O) groups is 1. The molecule has 1 aromatic rings. The number of para-hydroxylation sites is 1. The fraction of sp³-hybridized carbons (Fsp3) is 0.562. The van der Waals surface area contributed by atoms with Crippen LogP contribution in [0.1, 0.15) is 52.0 Å². The van der Waals surface area contributed by atoms with Gasteiger partial charge in [0.15, 0.2) is 0 Å². The summed E-state index contributed by atoms with van der Waals surface area (Å²) >= 11 is 0. The van der Waals surface area contributed by atoms with E-state index in [0.29, 0.717) is 18.9 Å². The van der Waals surface area contributed by atoms with Gasteiger partial charge in [-0.25, -0.2) is 0 Å². The van der Waals surface area contributed by atoms with E-state index in [-0.39, 0.29) is 0 Å². The van der Waals surface area contributed by atoms with Crippen molar-refractivity contribution in [3.63, 3.8) is 0 Å². The summed E-state index contributed by atoms with van der Waals surface area (Å²) < 4.78 is 5.78. The van der Waals surface area contributed by atoms with Crippen molar-refractivity contribution in [2.45, 2.75) is 46.5 Å². The first-order valence-electron chi connectivity index (χ1n) is 6.83. The van der Waals surface area contributed by atoms with Crippen molar-refractivity contribution in [1.29, 1.82) is 0 Å². The van der Waals surface area contributed by atoms with Gasteiger partial charge in [0.05, 0.1) is 12.0 Å². The standard InChI is InChI=1S/C16H24O3/c1-5-12(2)13-8-6-7-9-14(13)19-11-10-16(3,4)15(17)18/h6-9,12H,5,10-11H2,1-4H3,(H,17,18). The van der Waals surface area contributed by atoms with Crippen LogP contribution in [0, 0.1) is 5.41 Å². The van der Waals surface area contributed by atoms with Crippen molar-refractivity contribution in [3.05, 3.63) is 29.8 Å². The van der Waals surface area contributed by atoms with Crippen LogP contribution in [0.3, 0.4) is 0 Å². The third-order valence-electron chi connectivity index (χ3n) is 3.63. The van der Waals surface area contributed by atoms with Gasteiger partial charge in [-0.3, -0.25) is 4.79 Å². The molecule has 1 aromatic carbocycles. The van der Waals surface area contributed by atoms with Gasteiger partial charge in [-0.2, -0.15) is 0 Å². The Kier molecular flexibility index (Phi) is 5.40. The van der Waals surface area contributed by atoms with Crippen LogP contribution in [-0.2, 0) is 4.79 Å². The topological polar surface area (TPSA) is 46.5 Å². The minimum Gasteiger partial charge on any atom is -0.493 e. The van der Waals surface area contributed by atoms with Gasteiger partial charge in [-0.05, 0) is 44.2 Å². The van der Waals surface area contributed by atoms with Crippen molar-refractivity contribution >= 4 is 5.97 Å². The minimum absolute atomic E-state index is 0.423. The molecular weight excluding hydrogens is 240 g/mol. The highest BCUT2D eigenvalue weighted by Gasteiger charge is 2.26. The van der Waals surface area contributed by atoms with E-state index in [9.17, 15) is 4.79 Å². The van der Waals surface area contributed by atoms with Gasteiger partial charge in [0, 0.05) is 0 Å². The second-order valence-electron chi connectivity index (χ2n) is 5.63. The molecule has 1 N–H and O–H groups in total. The lowest BCUT2D eigenvalue weighted by Crippen LogP contribution is -2.26. The van der Waals surface area contributed by atoms with E-state index < -0.39 is 11.4 Å². The number of ether oxygens (including phenoxy) is 1. The molecule has 0 aliphatic rings. The predicted molar refractivity (Wildman–Crippen MR) is 76.7 cm³/mol. The first-order valence-corrected chi connectivity index (χ1v) is 6.83. The van der Waals surface area contributed by atoms with E-state index >= 15 is 0 Å². The summed E-state index contributed by atoms with van der Waals surface area (Å²) in [4.78, 5) is 11.0. The zero-order valence-corrected chi connectivity index (χ0v) is 12.3. The maximum atomic E-state index is 11.0. The van der Waals surface area contributed by atoms with E-state index in [4.69, 9.17) is 9.84 Å². The van der Waals surface area contributed by atoms with Crippen LogP contribution in [0.2, 0.25) is 0 Å². The Labute approximate surface area is 115 Å². The average Bonchev–Trinajstić information content (AvgIpc) is 2.38. The molecule has 0 aliphatic heterocycles. The van der Waals surface area contributed by atoms with E-state index in [1.54, 1.807) is 13.8 Å². The van der Waals surface area contributed by atoms with E-state index in [1.807, 2.05) is 18.2 Å². The van der Waals surface area contributed by atoms with E-state index in [2.05, 4.69) is 19.9 Å². The maximum Gasteiger partial charge on any atom is 0.309 e. The Morgan fingerprint density at radius 1 is 1.37 bits per heavy atom. The average molecular weight is 264 g/mol. The lowest BCUT2D eigenvalue weighted by molar-refractivity contribution is -0.147. The van der Waals surface area contributed by atoms with Crippen LogP contribution < -0.4 is 4.74 Å². The van der Waals surface area contributed by atoms with Gasteiger partial charge < -0.3 is 9.84 Å². The molecule has 0 amide bonds. The summed E-state index contributed by atoms with van der Waals surface area (Å²) in [6.07, 6.45) is 1.55. The molecule has 0 aromatic heterocycles. The Hall–Kier alpha value is -1.51. The van der Waals surface area contributed by atoms with Gasteiger partial charge in [-0.1, -0.05) is 32.0 Å². The molecule has 0 saturated carbocycles. The smallest absolute Gasteiger partial charge is 0.309 e. The summed E-state index contributed by atoms with van der Waals surface area (Å²) in [5, 5.41) is 9.06. The van der Waals surface area contributed by atoms with Gasteiger partial charge in [0.1, 0.15) is 5.75 Å². The molecule has 106 valence electrons. The highest BCUT2D eigenvalue weighted by Crippen LogP contribution is 2.29. The van der Waals surface area contributed by atoms with Crippen molar-refractivity contribution in [3.8, 4) is 5.75 Å². The highest BCUT2D eigenvalue weighted by molar-refractivity contribution is 5.73. The SMILES string of the molecule is CCC(C)c1ccccc1OCCC(C)(C)C(=O)O. The van der Waals surface area contributed by atoms with Crippen LogP contribution in [-0.4, -0.2) is 17.7 Å². The second-order valence-corrected chi connectivity index (χ2v) is 5.63. The van der Waals surface area contributed by atoms with Crippen molar-refractivity contribution < 1.29 is 14.6 Å². The second kappa shape index (κ2) is 6.60. The Balaban J connectivity index is 2.66. The number of hydrogen-bond donors (Lipinski definition) is 1. The third kappa shape index (κ3) is 4.27. The molecule has 0 bridgehead atoms. The third-order valence-corrected chi connectivity index (χ3v) is 3.63. The molecule has 1 unspecified atom stereocenters. The summed E-state index contributed by atoms with van der Waals surface area (Å²) in [7, 11) is 0. The molecule has 0 saturated heterocycles. The zero-order chi connectivity index (χ0) is 14.5. The quantitative estimate of drug-likeness (QED) is 0.807. The summed E-state index contributed by atoms with van der Waals surface area (Å²) in [6, 6.07) is 7.99. The van der Waals surface area contributed by atoms with Crippen LogP contribution in [0.5, 0.6) is 5.75 Å². The molecular formula is C16H24O3. The van der Waals surface area contributed by atoms with Crippen LogP contribution in [0.4, 0.5) is 0 Å². The number of carboxylic acid groups (broad SMARTS) is 1. The molecule has 0 aliphatic carbocycles.